The van der Waals surface area contributed by atoms with Gasteiger partial charge in [0.2, 0.25) is 0 Å². The summed E-state index contributed by atoms with van der Waals surface area (Å²) in [7, 11) is 1.74. The lowest BCUT2D eigenvalue weighted by molar-refractivity contribution is 0.0992. The van der Waals surface area contributed by atoms with Crippen molar-refractivity contribution in [3.63, 3.8) is 0 Å². The molecule has 3 aliphatic rings. The van der Waals surface area contributed by atoms with Crippen molar-refractivity contribution in [1.29, 1.82) is 0 Å². The SMILES string of the molecule is CCNC(=NCC1(c2cccc(OC)c2)CCCC1)NC1CC2CCC1O2.I. The molecule has 1 aromatic rings. The fourth-order valence-electron chi connectivity index (χ4n) is 5.06. The highest BCUT2D eigenvalue weighted by Crippen LogP contribution is 2.42. The number of guanidine groups is 1. The van der Waals surface area contributed by atoms with E-state index in [0.717, 1.165) is 31.2 Å². The summed E-state index contributed by atoms with van der Waals surface area (Å²) in [5.41, 5.74) is 1.49. The van der Waals surface area contributed by atoms with Crippen molar-refractivity contribution in [1.82, 2.24) is 10.6 Å². The van der Waals surface area contributed by atoms with Gasteiger partial charge in [0.1, 0.15) is 5.75 Å². The van der Waals surface area contributed by atoms with Crippen LogP contribution in [0.4, 0.5) is 0 Å². The molecule has 0 spiro atoms. The van der Waals surface area contributed by atoms with Crippen LogP contribution in [0.1, 0.15) is 57.4 Å². The summed E-state index contributed by atoms with van der Waals surface area (Å²) in [5, 5.41) is 7.10. The third kappa shape index (κ3) is 4.58. The van der Waals surface area contributed by atoms with Gasteiger partial charge in [-0.3, -0.25) is 4.99 Å². The van der Waals surface area contributed by atoms with E-state index in [0.29, 0.717) is 18.2 Å². The summed E-state index contributed by atoms with van der Waals surface area (Å²) in [5.74, 6) is 1.87. The van der Waals surface area contributed by atoms with Gasteiger partial charge in [0.05, 0.1) is 31.9 Å². The molecule has 1 aromatic carbocycles. The average Bonchev–Trinajstić information content (AvgIpc) is 3.44. The Hall–Kier alpha value is -1.02. The van der Waals surface area contributed by atoms with Crippen molar-refractivity contribution in [2.45, 2.75) is 75.5 Å². The minimum atomic E-state index is 0. The summed E-state index contributed by atoms with van der Waals surface area (Å²) in [4.78, 5) is 5.04. The smallest absolute Gasteiger partial charge is 0.191 e. The maximum Gasteiger partial charge on any atom is 0.191 e. The van der Waals surface area contributed by atoms with Gasteiger partial charge in [-0.05, 0) is 56.7 Å². The number of methoxy groups -OCH3 is 1. The zero-order valence-electron chi connectivity index (χ0n) is 17.1. The van der Waals surface area contributed by atoms with Crippen molar-refractivity contribution in [2.75, 3.05) is 20.2 Å². The molecule has 3 unspecified atom stereocenters. The number of nitrogens with one attached hydrogen (secondary N) is 2. The third-order valence-corrected chi connectivity index (χ3v) is 6.55. The van der Waals surface area contributed by atoms with Gasteiger partial charge in [-0.1, -0.05) is 25.0 Å². The molecule has 4 rings (SSSR count). The monoisotopic (exact) mass is 499 g/mol. The first kappa shape index (κ1) is 21.7. The van der Waals surface area contributed by atoms with Crippen LogP contribution in [0, 0.1) is 0 Å². The number of rotatable bonds is 6. The van der Waals surface area contributed by atoms with Crippen LogP contribution < -0.4 is 15.4 Å². The third-order valence-electron chi connectivity index (χ3n) is 6.55. The fraction of sp³-hybridized carbons (Fsp3) is 0.682. The second-order valence-corrected chi connectivity index (χ2v) is 8.27. The Morgan fingerprint density at radius 2 is 2.11 bits per heavy atom. The second-order valence-electron chi connectivity index (χ2n) is 8.27. The maximum atomic E-state index is 6.00. The molecule has 2 saturated heterocycles. The van der Waals surface area contributed by atoms with Crippen molar-refractivity contribution < 1.29 is 9.47 Å². The van der Waals surface area contributed by atoms with E-state index in [1.807, 2.05) is 6.07 Å². The first-order chi connectivity index (χ1) is 13.2. The molecular formula is C22H34IN3O2. The summed E-state index contributed by atoms with van der Waals surface area (Å²) < 4.78 is 11.5. The Morgan fingerprint density at radius 1 is 1.29 bits per heavy atom. The van der Waals surface area contributed by atoms with E-state index in [9.17, 15) is 0 Å². The molecule has 6 heteroatoms. The molecular weight excluding hydrogens is 465 g/mol. The van der Waals surface area contributed by atoms with Crippen LogP contribution in [0.2, 0.25) is 0 Å². The van der Waals surface area contributed by atoms with E-state index in [2.05, 4.69) is 35.8 Å². The van der Waals surface area contributed by atoms with Gasteiger partial charge in [-0.25, -0.2) is 0 Å². The number of benzene rings is 1. The maximum absolute atomic E-state index is 6.00. The second kappa shape index (κ2) is 9.65. The molecule has 28 heavy (non-hydrogen) atoms. The molecule has 3 atom stereocenters. The van der Waals surface area contributed by atoms with Gasteiger partial charge < -0.3 is 20.1 Å². The van der Waals surface area contributed by atoms with Crippen LogP contribution in [0.3, 0.4) is 0 Å². The van der Waals surface area contributed by atoms with E-state index in [1.54, 1.807) is 7.11 Å². The summed E-state index contributed by atoms with van der Waals surface area (Å²) in [6.07, 6.45) is 9.25. The lowest BCUT2D eigenvalue weighted by Crippen LogP contribution is -2.48. The van der Waals surface area contributed by atoms with Gasteiger partial charge in [-0.2, -0.15) is 0 Å². The van der Waals surface area contributed by atoms with Crippen molar-refractivity contribution in [3.8, 4) is 5.75 Å². The predicted molar refractivity (Wildman–Crippen MR) is 124 cm³/mol. The Bertz CT molecular complexity index is 676. The molecule has 1 saturated carbocycles. The van der Waals surface area contributed by atoms with Crippen LogP contribution in [-0.2, 0) is 10.2 Å². The molecule has 2 N–H and O–H groups in total. The van der Waals surface area contributed by atoms with E-state index in [1.165, 1.54) is 44.1 Å². The first-order valence-electron chi connectivity index (χ1n) is 10.6. The van der Waals surface area contributed by atoms with Crippen molar-refractivity contribution in [2.24, 2.45) is 4.99 Å². The standard InChI is InChI=1S/C22H33N3O2.HI/c1-3-23-21(25-19-14-18-9-10-20(19)27-18)24-15-22(11-4-5-12-22)16-7-6-8-17(13-16)26-2;/h6-8,13,18-20H,3-5,9-12,14-15H2,1-2H3,(H2,23,24,25);1H. The largest absolute Gasteiger partial charge is 0.497 e. The van der Waals surface area contributed by atoms with Gasteiger partial charge >= 0.3 is 0 Å². The number of hydrogen-bond acceptors (Lipinski definition) is 3. The molecule has 156 valence electrons. The Labute approximate surface area is 186 Å². The summed E-state index contributed by atoms with van der Waals surface area (Å²) in [6.45, 7) is 3.82. The number of aliphatic imine (C=N–C) groups is 1. The highest BCUT2D eigenvalue weighted by molar-refractivity contribution is 14.0. The molecule has 3 fully saturated rings. The van der Waals surface area contributed by atoms with Gasteiger partial charge in [-0.15, -0.1) is 24.0 Å². The first-order valence-corrected chi connectivity index (χ1v) is 10.6. The van der Waals surface area contributed by atoms with E-state index in [4.69, 9.17) is 14.5 Å². The predicted octanol–water partition coefficient (Wildman–Crippen LogP) is 4.00. The van der Waals surface area contributed by atoms with Gasteiger partial charge in [0.25, 0.3) is 0 Å². The van der Waals surface area contributed by atoms with E-state index in [-0.39, 0.29) is 29.4 Å². The summed E-state index contributed by atoms with van der Waals surface area (Å²) >= 11 is 0. The van der Waals surface area contributed by atoms with Crippen LogP contribution in [-0.4, -0.2) is 44.4 Å². The Morgan fingerprint density at radius 3 is 2.75 bits per heavy atom. The fourth-order valence-corrected chi connectivity index (χ4v) is 5.06. The van der Waals surface area contributed by atoms with Crippen LogP contribution in [0.25, 0.3) is 0 Å². The van der Waals surface area contributed by atoms with E-state index >= 15 is 0 Å². The number of fused-ring (bicyclic) bond motifs is 2. The highest BCUT2D eigenvalue weighted by atomic mass is 127. The Kier molecular flexibility index (Phi) is 7.48. The molecule has 5 nitrogen and oxygen atoms in total. The summed E-state index contributed by atoms with van der Waals surface area (Å²) in [6, 6.07) is 8.97. The molecule has 0 amide bonds. The lowest BCUT2D eigenvalue weighted by Gasteiger charge is -2.29. The molecule has 1 aliphatic carbocycles. The number of nitrogens with zero attached hydrogens (tertiary/aromatic N) is 1. The molecule has 2 heterocycles. The van der Waals surface area contributed by atoms with E-state index < -0.39 is 0 Å². The normalized spacial score (nSPS) is 28.1. The van der Waals surface area contributed by atoms with Gasteiger partial charge in [0.15, 0.2) is 5.96 Å². The highest BCUT2D eigenvalue weighted by Gasteiger charge is 2.41. The number of ether oxygens (including phenoxy) is 2. The van der Waals surface area contributed by atoms with Crippen molar-refractivity contribution in [3.05, 3.63) is 29.8 Å². The molecule has 0 aromatic heterocycles. The van der Waals surface area contributed by atoms with Crippen LogP contribution in [0.15, 0.2) is 29.3 Å². The quantitative estimate of drug-likeness (QED) is 0.353. The average molecular weight is 499 g/mol. The minimum absolute atomic E-state index is 0. The van der Waals surface area contributed by atoms with Crippen LogP contribution in [0.5, 0.6) is 5.75 Å². The topological polar surface area (TPSA) is 54.9 Å². The number of hydrogen-bond donors (Lipinski definition) is 2. The van der Waals surface area contributed by atoms with Crippen LogP contribution >= 0.6 is 24.0 Å². The number of halogens is 1. The lowest BCUT2D eigenvalue weighted by atomic mass is 9.79. The zero-order chi connectivity index (χ0) is 18.7. The zero-order valence-corrected chi connectivity index (χ0v) is 19.4. The Balaban J connectivity index is 0.00000225. The molecule has 0 radical (unpaired) electrons. The minimum Gasteiger partial charge on any atom is -0.497 e. The van der Waals surface area contributed by atoms with Gasteiger partial charge in [0, 0.05) is 12.0 Å². The molecule has 2 aliphatic heterocycles. The molecule has 2 bridgehead atoms. The van der Waals surface area contributed by atoms with Crippen molar-refractivity contribution >= 4 is 29.9 Å².